The quantitative estimate of drug-likeness (QED) is 0.441. The number of hydrogen-bond acceptors (Lipinski definition) is 8. The molecule has 0 radical (unpaired) electrons. The van der Waals surface area contributed by atoms with Gasteiger partial charge >= 0.3 is 5.97 Å². The zero-order valence-electron chi connectivity index (χ0n) is 15.6. The van der Waals surface area contributed by atoms with E-state index in [9.17, 15) is 9.59 Å². The van der Waals surface area contributed by atoms with Gasteiger partial charge in [-0.1, -0.05) is 18.4 Å². The van der Waals surface area contributed by atoms with Crippen LogP contribution < -0.4 is 20.8 Å². The van der Waals surface area contributed by atoms with Crippen molar-refractivity contribution >= 4 is 20.1 Å². The summed E-state index contributed by atoms with van der Waals surface area (Å²) in [5.41, 5.74) is 6.68. The maximum atomic E-state index is 12.0. The van der Waals surface area contributed by atoms with Crippen LogP contribution in [0.5, 0.6) is 0 Å². The second-order valence-corrected chi connectivity index (χ2v) is 6.22. The van der Waals surface area contributed by atoms with E-state index in [0.717, 1.165) is 12.8 Å². The molecule has 0 saturated heterocycles. The van der Waals surface area contributed by atoms with E-state index in [1.165, 1.54) is 6.92 Å². The Balaban J connectivity index is 0.00000141. The third kappa shape index (κ3) is 9.35. The summed E-state index contributed by atoms with van der Waals surface area (Å²) < 4.78 is 19.6. The third-order valence-corrected chi connectivity index (χ3v) is 3.80. The van der Waals surface area contributed by atoms with E-state index in [1.54, 1.807) is 13.0 Å². The second-order valence-electron chi connectivity index (χ2n) is 5.77. The molecule has 10 heteroatoms. The molecular weight excluding hydrogens is 363 g/mol. The van der Waals surface area contributed by atoms with E-state index in [-0.39, 0.29) is 30.1 Å². The molecule has 1 aliphatic carbocycles. The average Bonchev–Trinajstić information content (AvgIpc) is 2.54. The summed E-state index contributed by atoms with van der Waals surface area (Å²) in [6, 6.07) is -0.719. The van der Waals surface area contributed by atoms with Crippen molar-refractivity contribution in [2.45, 2.75) is 71.2 Å². The molecule has 3 atom stereocenters. The van der Waals surface area contributed by atoms with Gasteiger partial charge in [-0.25, -0.2) is 4.79 Å². The first-order valence-corrected chi connectivity index (χ1v) is 9.63. The van der Waals surface area contributed by atoms with E-state index in [0.29, 0.717) is 18.6 Å². The molecule has 9 nitrogen and oxygen atoms in total. The second kappa shape index (κ2) is 12.9. The van der Waals surface area contributed by atoms with Gasteiger partial charge in [-0.3, -0.25) is 4.79 Å². The molecule has 0 heterocycles. The first kappa shape index (κ1) is 24.6. The van der Waals surface area contributed by atoms with E-state index in [2.05, 4.69) is 5.32 Å². The summed E-state index contributed by atoms with van der Waals surface area (Å²) in [5, 5.41) is 2.84. The maximum absolute atomic E-state index is 12.0. The smallest absolute Gasteiger partial charge is 0.333 e. The number of hydrogen-bond donors (Lipinski definition) is 2. The normalized spacial score (nSPS) is 22.0. The Bertz CT molecular complexity index is 505. The molecule has 1 amide bonds. The van der Waals surface area contributed by atoms with Crippen LogP contribution in [0.3, 0.4) is 0 Å². The van der Waals surface area contributed by atoms with Gasteiger partial charge in [0.15, 0.2) is 0 Å². The maximum Gasteiger partial charge on any atom is 0.333 e. The number of ether oxygens (including phenoxy) is 2. The van der Waals surface area contributed by atoms with Crippen molar-refractivity contribution < 1.29 is 33.4 Å². The lowest BCUT2D eigenvalue weighted by atomic mass is 9.88. The summed E-state index contributed by atoms with van der Waals surface area (Å²) in [7, 11) is -3.37. The fraction of sp³-hybridized carbons (Fsp3) is 0.750. The highest BCUT2D eigenvalue weighted by Crippen LogP contribution is 2.24. The number of rotatable bonds is 7. The van der Waals surface area contributed by atoms with Crippen molar-refractivity contribution in [2.75, 3.05) is 6.61 Å². The molecule has 1 aliphatic rings. The molecule has 0 fully saturated rings. The predicted molar refractivity (Wildman–Crippen MR) is 91.8 cm³/mol. The molecule has 0 bridgehead atoms. The Morgan fingerprint density at radius 1 is 1.35 bits per heavy atom. The topological polar surface area (TPSA) is 154 Å². The van der Waals surface area contributed by atoms with Gasteiger partial charge in [0.1, 0.15) is 0 Å². The highest BCUT2D eigenvalue weighted by molar-refractivity contribution is 7.27. The van der Waals surface area contributed by atoms with Gasteiger partial charge in [-0.2, -0.15) is 0 Å². The fourth-order valence-electron chi connectivity index (χ4n) is 2.62. The molecule has 0 aromatic carbocycles. The van der Waals surface area contributed by atoms with Crippen LogP contribution in [0.1, 0.15) is 47.0 Å². The van der Waals surface area contributed by atoms with E-state index in [1.807, 2.05) is 13.8 Å². The average molecular weight is 391 g/mol. The van der Waals surface area contributed by atoms with Crippen molar-refractivity contribution in [3.05, 3.63) is 11.6 Å². The van der Waals surface area contributed by atoms with Crippen molar-refractivity contribution in [1.82, 2.24) is 5.32 Å². The predicted octanol–water partition coefficient (Wildman–Crippen LogP) is -0.350. The zero-order chi connectivity index (χ0) is 20.3. The molecule has 150 valence electrons. The first-order chi connectivity index (χ1) is 12.2. The summed E-state index contributed by atoms with van der Waals surface area (Å²) in [4.78, 5) is 40.3. The Labute approximate surface area is 154 Å². The molecule has 1 rings (SSSR count). The van der Waals surface area contributed by atoms with Gasteiger partial charge in [0, 0.05) is 18.5 Å². The van der Waals surface area contributed by atoms with Crippen LogP contribution in [-0.2, 0) is 23.6 Å². The minimum atomic E-state index is -3.37. The summed E-state index contributed by atoms with van der Waals surface area (Å²) >= 11 is 0. The van der Waals surface area contributed by atoms with Gasteiger partial charge in [-0.05, 0) is 32.3 Å². The minimum Gasteiger partial charge on any atom is -0.598 e. The number of nitrogens with two attached hydrogens (primary N) is 1. The number of nitrogens with one attached hydrogen (secondary N) is 1. The molecule has 0 saturated carbocycles. The summed E-state index contributed by atoms with van der Waals surface area (Å²) in [5.74, 6) is -0.524. The van der Waals surface area contributed by atoms with Crippen LogP contribution in [0, 0.1) is 0 Å². The SMILES string of the molecule is CCOC(=O)C1=C[C@@H](OC(CC)CC)[C@H](NC(C)=O)[C@@H](N)C1.O=[P+]([O-])[O-]. The van der Waals surface area contributed by atoms with Crippen LogP contribution in [-0.4, -0.2) is 42.8 Å². The van der Waals surface area contributed by atoms with E-state index >= 15 is 0 Å². The number of amides is 1. The largest absolute Gasteiger partial charge is 0.598 e. The molecular formula is C16H28N2O7P-. The first-order valence-electron chi connectivity index (χ1n) is 8.53. The van der Waals surface area contributed by atoms with Gasteiger partial charge in [0.25, 0.3) is 8.25 Å². The van der Waals surface area contributed by atoms with Crippen LogP contribution >= 0.6 is 8.25 Å². The van der Waals surface area contributed by atoms with Crippen molar-refractivity contribution in [2.24, 2.45) is 5.73 Å². The summed E-state index contributed by atoms with van der Waals surface area (Å²) in [6.07, 6.45) is 3.48. The van der Waals surface area contributed by atoms with Gasteiger partial charge in [0.2, 0.25) is 5.91 Å². The highest BCUT2D eigenvalue weighted by Gasteiger charge is 2.35. The number of carbonyl (C=O) groups is 2. The van der Waals surface area contributed by atoms with Crippen LogP contribution in [0.15, 0.2) is 11.6 Å². The third-order valence-electron chi connectivity index (χ3n) is 3.80. The molecule has 0 spiro atoms. The fourth-order valence-corrected chi connectivity index (χ4v) is 2.62. The zero-order valence-corrected chi connectivity index (χ0v) is 16.5. The Hall–Kier alpha value is -1.38. The van der Waals surface area contributed by atoms with Gasteiger partial charge in [-0.15, -0.1) is 0 Å². The van der Waals surface area contributed by atoms with Crippen LogP contribution in [0.25, 0.3) is 0 Å². The summed E-state index contributed by atoms with van der Waals surface area (Å²) in [6.45, 7) is 7.62. The Kier molecular flexibility index (Phi) is 12.2. The highest BCUT2D eigenvalue weighted by atomic mass is 31.1. The lowest BCUT2D eigenvalue weighted by Crippen LogP contribution is -2.57. The van der Waals surface area contributed by atoms with Gasteiger partial charge in [0.05, 0.1) is 24.9 Å². The number of carbonyl (C=O) groups excluding carboxylic acids is 2. The minimum absolute atomic E-state index is 0.0613. The molecule has 0 unspecified atom stereocenters. The molecule has 0 aliphatic heterocycles. The van der Waals surface area contributed by atoms with Crippen molar-refractivity contribution in [1.29, 1.82) is 0 Å². The molecule has 0 aromatic rings. The van der Waals surface area contributed by atoms with E-state index < -0.39 is 14.4 Å². The monoisotopic (exact) mass is 391 g/mol. The van der Waals surface area contributed by atoms with Crippen LogP contribution in [0.2, 0.25) is 0 Å². The Morgan fingerprint density at radius 3 is 2.31 bits per heavy atom. The lowest BCUT2D eigenvalue weighted by molar-refractivity contribution is -0.297. The van der Waals surface area contributed by atoms with Gasteiger partial charge < -0.3 is 30.3 Å². The standard InChI is InChI=1S/C16H28N2O4.HO3P/c1-5-12(6-2)22-14-9-11(16(20)21-7-3)8-13(17)15(14)18-10(4)19;1-4(2)3/h9,12-15H,5-8,17H2,1-4H3,(H,18,19);(H,1,2,3)/p-1/t13-,14+,15+;/m0./s1. The Morgan fingerprint density at radius 2 is 1.88 bits per heavy atom. The molecule has 3 N–H and O–H groups in total. The van der Waals surface area contributed by atoms with E-state index in [4.69, 9.17) is 29.6 Å². The van der Waals surface area contributed by atoms with Crippen molar-refractivity contribution in [3.8, 4) is 0 Å². The molecule has 0 aromatic heterocycles. The van der Waals surface area contributed by atoms with Crippen molar-refractivity contribution in [3.63, 3.8) is 0 Å². The lowest BCUT2D eigenvalue weighted by Gasteiger charge is -2.36. The van der Waals surface area contributed by atoms with Crippen LogP contribution in [0.4, 0.5) is 0 Å². The number of esters is 1. The molecule has 26 heavy (non-hydrogen) atoms.